The third-order valence-electron chi connectivity index (χ3n) is 6.97. The molecule has 2 aromatic rings. The normalized spacial score (nSPS) is 12.6. The molecule has 10 heteroatoms. The van der Waals surface area contributed by atoms with Gasteiger partial charge in [-0.15, -0.1) is 13.2 Å². The number of rotatable bonds is 22. The fourth-order valence-electron chi connectivity index (χ4n) is 4.54. The lowest BCUT2D eigenvalue weighted by Gasteiger charge is -2.23. The van der Waals surface area contributed by atoms with Crippen molar-refractivity contribution >= 4 is 23.9 Å². The number of hydrogen-bond donors (Lipinski definition) is 4. The fourth-order valence-corrected chi connectivity index (χ4v) is 4.54. The fraction of sp³-hybridized carbons (Fsp3) is 0.429. The minimum absolute atomic E-state index is 0.0229. The van der Waals surface area contributed by atoms with Gasteiger partial charge < -0.3 is 30.5 Å². The van der Waals surface area contributed by atoms with Crippen molar-refractivity contribution in [3.05, 3.63) is 97.1 Å². The molecule has 0 heterocycles. The van der Waals surface area contributed by atoms with Crippen molar-refractivity contribution < 1.29 is 33.8 Å². The summed E-state index contributed by atoms with van der Waals surface area (Å²) in [5, 5.41) is 18.3. The summed E-state index contributed by atoms with van der Waals surface area (Å²) >= 11 is 0. The lowest BCUT2D eigenvalue weighted by molar-refractivity contribution is -0.145. The van der Waals surface area contributed by atoms with Crippen LogP contribution in [0.2, 0.25) is 0 Å². The van der Waals surface area contributed by atoms with Crippen LogP contribution in [0.15, 0.2) is 86.0 Å². The number of unbranched alkanes of at least 4 members (excludes halogenated alkanes) is 1. The summed E-state index contributed by atoms with van der Waals surface area (Å²) in [5.41, 5.74) is 1.86. The molecule has 2 rings (SSSR count). The van der Waals surface area contributed by atoms with Crippen LogP contribution in [-0.2, 0) is 36.9 Å². The number of carbonyl (C=O) groups is 4. The summed E-state index contributed by atoms with van der Waals surface area (Å²) in [6, 6.07) is 17.9. The minimum atomic E-state index is -0.696. The Morgan fingerprint density at radius 2 is 1.53 bits per heavy atom. The molecule has 0 saturated heterocycles. The molecule has 0 spiro atoms. The number of esters is 1. The molecule has 10 nitrogen and oxygen atoms in total. The van der Waals surface area contributed by atoms with Crippen molar-refractivity contribution in [1.29, 1.82) is 0 Å². The van der Waals surface area contributed by atoms with Gasteiger partial charge in [0, 0.05) is 19.4 Å². The molecule has 3 atom stereocenters. The van der Waals surface area contributed by atoms with Gasteiger partial charge in [0.25, 0.3) is 0 Å². The van der Waals surface area contributed by atoms with Crippen LogP contribution in [-0.4, -0.2) is 60.8 Å². The molecule has 2 aromatic carbocycles. The number of aliphatic hydroxyl groups is 1. The van der Waals surface area contributed by atoms with Gasteiger partial charge >= 0.3 is 12.1 Å². The molecule has 0 aromatic heterocycles. The van der Waals surface area contributed by atoms with Crippen molar-refractivity contribution in [3.63, 3.8) is 0 Å². The molecule has 0 aliphatic heterocycles. The number of allylic oxidation sites excluding steroid dienone is 2. The first-order chi connectivity index (χ1) is 21.8. The van der Waals surface area contributed by atoms with Gasteiger partial charge in [-0.3, -0.25) is 14.4 Å². The average Bonchev–Trinajstić information content (AvgIpc) is 3.05. The van der Waals surface area contributed by atoms with E-state index in [1.807, 2.05) is 60.7 Å². The molecular formula is C35H47N3O7. The van der Waals surface area contributed by atoms with Gasteiger partial charge in [0.05, 0.1) is 24.6 Å². The van der Waals surface area contributed by atoms with Crippen molar-refractivity contribution in [3.8, 4) is 0 Å². The molecule has 4 N–H and O–H groups in total. The molecular weight excluding hydrogens is 574 g/mol. The number of carbonyl (C=O) groups excluding carboxylic acids is 4. The predicted molar refractivity (Wildman–Crippen MR) is 173 cm³/mol. The number of alkyl carbamates (subject to hydrolysis) is 1. The number of aliphatic hydroxyl groups excluding tert-OH is 1. The highest BCUT2D eigenvalue weighted by Crippen LogP contribution is 2.13. The third kappa shape index (κ3) is 16.3. The van der Waals surface area contributed by atoms with Crippen molar-refractivity contribution in [2.24, 2.45) is 5.92 Å². The number of amides is 3. The molecule has 0 aliphatic carbocycles. The Morgan fingerprint density at radius 1 is 0.844 bits per heavy atom. The maximum Gasteiger partial charge on any atom is 0.407 e. The van der Waals surface area contributed by atoms with Crippen molar-refractivity contribution in [2.45, 2.75) is 70.1 Å². The van der Waals surface area contributed by atoms with Gasteiger partial charge in [-0.2, -0.15) is 0 Å². The summed E-state index contributed by atoms with van der Waals surface area (Å²) in [6.07, 6.45) is 5.72. The molecule has 3 unspecified atom stereocenters. The zero-order valence-corrected chi connectivity index (χ0v) is 26.0. The lowest BCUT2D eigenvalue weighted by atomic mass is 9.98. The molecule has 0 fully saturated rings. The van der Waals surface area contributed by atoms with Crippen LogP contribution in [0.1, 0.15) is 56.1 Å². The Hall–Kier alpha value is -4.44. The molecule has 0 bridgehead atoms. The largest absolute Gasteiger partial charge is 0.463 e. The van der Waals surface area contributed by atoms with Crippen LogP contribution in [0.3, 0.4) is 0 Å². The number of benzene rings is 2. The summed E-state index contributed by atoms with van der Waals surface area (Å²) in [6.45, 7) is 7.63. The Morgan fingerprint density at radius 3 is 2.18 bits per heavy atom. The Balaban J connectivity index is 1.88. The first kappa shape index (κ1) is 36.8. The molecule has 244 valence electrons. The number of ether oxygens (including phenoxy) is 2. The van der Waals surface area contributed by atoms with E-state index in [9.17, 15) is 24.3 Å². The molecule has 0 saturated carbocycles. The topological polar surface area (TPSA) is 143 Å². The zero-order chi connectivity index (χ0) is 32.7. The summed E-state index contributed by atoms with van der Waals surface area (Å²) in [4.78, 5) is 50.3. The summed E-state index contributed by atoms with van der Waals surface area (Å²) in [7, 11) is 0. The van der Waals surface area contributed by atoms with E-state index in [0.717, 1.165) is 11.1 Å². The van der Waals surface area contributed by atoms with E-state index in [0.29, 0.717) is 38.6 Å². The van der Waals surface area contributed by atoms with Crippen LogP contribution >= 0.6 is 0 Å². The second-order valence-electron chi connectivity index (χ2n) is 10.8. The highest BCUT2D eigenvalue weighted by Gasteiger charge is 2.25. The zero-order valence-electron chi connectivity index (χ0n) is 26.0. The second-order valence-corrected chi connectivity index (χ2v) is 10.8. The van der Waals surface area contributed by atoms with E-state index in [1.165, 1.54) is 0 Å². The molecule has 0 aliphatic rings. The van der Waals surface area contributed by atoms with Gasteiger partial charge in [0.15, 0.2) is 0 Å². The van der Waals surface area contributed by atoms with E-state index in [1.54, 1.807) is 12.2 Å². The Labute approximate surface area is 266 Å². The van der Waals surface area contributed by atoms with Crippen molar-refractivity contribution in [2.75, 3.05) is 19.8 Å². The first-order valence-electron chi connectivity index (χ1n) is 15.4. The van der Waals surface area contributed by atoms with Crippen LogP contribution in [0.5, 0.6) is 0 Å². The predicted octanol–water partition coefficient (Wildman–Crippen LogP) is 4.38. The standard InChI is InChI=1S/C35H47N3O7/c1-3-5-20-33(41)44-26-30(19-12-13-21-36-35(43)45-25-28-17-10-7-11-18-28)38-34(42)29(14-4-2)23-32(40)37-31(24-39)22-27-15-8-6-9-16-27/h3-4,6-11,15-18,29-31,39H,1-2,5,12-14,19-26H2,(H,36,43)(H,37,40)(H,38,42). The molecule has 0 radical (unpaired) electrons. The number of hydrogen-bond acceptors (Lipinski definition) is 7. The molecule has 3 amide bonds. The summed E-state index contributed by atoms with van der Waals surface area (Å²) in [5.74, 6) is -1.81. The molecule has 45 heavy (non-hydrogen) atoms. The maximum absolute atomic E-state index is 13.3. The monoisotopic (exact) mass is 621 g/mol. The smallest absolute Gasteiger partial charge is 0.407 e. The van der Waals surface area contributed by atoms with Gasteiger partial charge in [0.2, 0.25) is 11.8 Å². The Kier molecular flexibility index (Phi) is 18.1. The number of nitrogens with one attached hydrogen (secondary N) is 3. The highest BCUT2D eigenvalue weighted by atomic mass is 16.5. The maximum atomic E-state index is 13.3. The van der Waals surface area contributed by atoms with E-state index in [4.69, 9.17) is 9.47 Å². The SMILES string of the molecule is C=CCCC(=O)OCC(CCCCNC(=O)OCc1ccccc1)NC(=O)C(CC=C)CC(=O)NC(CO)Cc1ccccc1. The lowest BCUT2D eigenvalue weighted by Crippen LogP contribution is -2.45. The Bertz CT molecular complexity index is 1190. The summed E-state index contributed by atoms with van der Waals surface area (Å²) < 4.78 is 10.6. The highest BCUT2D eigenvalue weighted by molar-refractivity contribution is 5.86. The van der Waals surface area contributed by atoms with Gasteiger partial charge in [-0.05, 0) is 49.7 Å². The van der Waals surface area contributed by atoms with E-state index in [2.05, 4.69) is 29.1 Å². The van der Waals surface area contributed by atoms with E-state index in [-0.39, 0.29) is 50.9 Å². The van der Waals surface area contributed by atoms with Gasteiger partial charge in [0.1, 0.15) is 13.2 Å². The first-order valence-corrected chi connectivity index (χ1v) is 15.4. The van der Waals surface area contributed by atoms with Crippen LogP contribution in [0, 0.1) is 5.92 Å². The average molecular weight is 622 g/mol. The van der Waals surface area contributed by atoms with Gasteiger partial charge in [-0.25, -0.2) is 4.79 Å². The van der Waals surface area contributed by atoms with E-state index >= 15 is 0 Å². The quantitative estimate of drug-likeness (QED) is 0.0868. The van der Waals surface area contributed by atoms with E-state index < -0.39 is 30.1 Å². The van der Waals surface area contributed by atoms with Crippen LogP contribution in [0.25, 0.3) is 0 Å². The van der Waals surface area contributed by atoms with Gasteiger partial charge in [-0.1, -0.05) is 72.8 Å². The van der Waals surface area contributed by atoms with Crippen LogP contribution in [0.4, 0.5) is 4.79 Å². The minimum Gasteiger partial charge on any atom is -0.463 e. The van der Waals surface area contributed by atoms with Crippen LogP contribution < -0.4 is 16.0 Å². The van der Waals surface area contributed by atoms with Crippen molar-refractivity contribution in [1.82, 2.24) is 16.0 Å². The second kappa shape index (κ2) is 22.1. The third-order valence-corrected chi connectivity index (χ3v) is 6.97.